The van der Waals surface area contributed by atoms with Crippen molar-refractivity contribution in [3.63, 3.8) is 0 Å². The molecule has 1 aromatic carbocycles. The third kappa shape index (κ3) is 4.18. The summed E-state index contributed by atoms with van der Waals surface area (Å²) < 4.78 is 0. The van der Waals surface area contributed by atoms with Gasteiger partial charge in [0, 0.05) is 31.6 Å². The minimum Gasteiger partial charge on any atom is -0.369 e. The van der Waals surface area contributed by atoms with Gasteiger partial charge in [0.15, 0.2) is 0 Å². The predicted molar refractivity (Wildman–Crippen MR) is 136 cm³/mol. The number of pyridine rings is 3. The fourth-order valence-electron chi connectivity index (χ4n) is 3.89. The highest BCUT2D eigenvalue weighted by Crippen LogP contribution is 2.33. The zero-order chi connectivity index (χ0) is 23.8. The highest BCUT2D eigenvalue weighted by Gasteiger charge is 2.17. The summed E-state index contributed by atoms with van der Waals surface area (Å²) in [5.41, 5.74) is 7.59. The fourth-order valence-corrected chi connectivity index (χ4v) is 4.07. The summed E-state index contributed by atoms with van der Waals surface area (Å²) in [4.78, 5) is 33.1. The topological polar surface area (TPSA) is 95.4 Å². The van der Waals surface area contributed by atoms with Crippen molar-refractivity contribution in [1.29, 1.82) is 0 Å². The Hall–Kier alpha value is -3.62. The summed E-state index contributed by atoms with van der Waals surface area (Å²) >= 11 is 6.57. The largest absolute Gasteiger partial charge is 0.369 e. The Morgan fingerprint density at radius 1 is 1.12 bits per heavy atom. The van der Waals surface area contributed by atoms with E-state index in [-0.39, 0.29) is 5.91 Å². The number of carbonyl (C=O) groups excluding carboxylic acids is 1. The molecule has 1 aliphatic rings. The number of aryl methyl sites for hydroxylation is 1. The van der Waals surface area contributed by atoms with E-state index in [1.165, 1.54) is 5.56 Å². The maximum Gasteiger partial charge on any atom is 0.253 e. The Kier molecular flexibility index (Phi) is 5.85. The van der Waals surface area contributed by atoms with E-state index in [0.717, 1.165) is 28.9 Å². The van der Waals surface area contributed by atoms with Gasteiger partial charge in [-0.2, -0.15) is 0 Å². The van der Waals surface area contributed by atoms with E-state index in [4.69, 9.17) is 16.6 Å². The summed E-state index contributed by atoms with van der Waals surface area (Å²) in [5, 5.41) is 6.88. The third-order valence-electron chi connectivity index (χ3n) is 5.72. The Labute approximate surface area is 202 Å². The van der Waals surface area contributed by atoms with Crippen LogP contribution in [-0.2, 0) is 13.0 Å². The molecule has 0 saturated carbocycles. The third-order valence-corrected chi connectivity index (χ3v) is 6.19. The number of halogens is 1. The van der Waals surface area contributed by atoms with Gasteiger partial charge < -0.3 is 10.6 Å². The molecule has 5 rings (SSSR count). The molecular formula is C25H24ClN7O. The summed E-state index contributed by atoms with van der Waals surface area (Å²) in [6.45, 7) is 2.87. The van der Waals surface area contributed by atoms with Crippen LogP contribution < -0.4 is 10.6 Å². The molecule has 3 aromatic heterocycles. The predicted octanol–water partition coefficient (Wildman–Crippen LogP) is 4.26. The van der Waals surface area contributed by atoms with Crippen LogP contribution in [0, 0.1) is 6.92 Å². The minimum atomic E-state index is -0.225. The highest BCUT2D eigenvalue weighted by atomic mass is 35.5. The van der Waals surface area contributed by atoms with Crippen LogP contribution in [0.25, 0.3) is 22.1 Å². The molecule has 4 aromatic rings. The van der Waals surface area contributed by atoms with Crippen LogP contribution in [0.2, 0.25) is 5.02 Å². The maximum atomic E-state index is 12.9. The molecule has 0 bridgehead atoms. The first-order chi connectivity index (χ1) is 16.4. The number of nitrogens with one attached hydrogen (secondary N) is 2. The SMILES string of the molecule is Cc1cnc2c(NCN(C)C)c3ncc(C(=O)NCc4ccc5c(c4)N=CC5)cc3nc2c1Cl. The lowest BCUT2D eigenvalue weighted by molar-refractivity contribution is 0.0950. The Morgan fingerprint density at radius 2 is 1.94 bits per heavy atom. The van der Waals surface area contributed by atoms with Crippen LogP contribution in [-0.4, -0.2) is 52.7 Å². The van der Waals surface area contributed by atoms with Gasteiger partial charge in [-0.05, 0) is 49.8 Å². The van der Waals surface area contributed by atoms with E-state index in [9.17, 15) is 4.79 Å². The average molecular weight is 474 g/mol. The van der Waals surface area contributed by atoms with Crippen molar-refractivity contribution in [2.24, 2.45) is 4.99 Å². The molecule has 8 nitrogen and oxygen atoms in total. The Balaban J connectivity index is 1.48. The molecule has 172 valence electrons. The molecule has 0 spiro atoms. The number of amides is 1. The van der Waals surface area contributed by atoms with Crippen molar-refractivity contribution >= 4 is 57.2 Å². The Bertz CT molecular complexity index is 1470. The van der Waals surface area contributed by atoms with Crippen LogP contribution in [0.15, 0.2) is 41.7 Å². The van der Waals surface area contributed by atoms with Crippen LogP contribution in [0.1, 0.15) is 27.0 Å². The molecule has 0 unspecified atom stereocenters. The summed E-state index contributed by atoms with van der Waals surface area (Å²) in [7, 11) is 3.93. The van der Waals surface area contributed by atoms with E-state index >= 15 is 0 Å². The average Bonchev–Trinajstić information content (AvgIpc) is 3.30. The van der Waals surface area contributed by atoms with Gasteiger partial charge in [-0.25, -0.2) is 4.98 Å². The number of carbonyl (C=O) groups is 1. The molecule has 2 N–H and O–H groups in total. The Morgan fingerprint density at radius 3 is 2.76 bits per heavy atom. The second-order valence-electron chi connectivity index (χ2n) is 8.61. The molecule has 0 radical (unpaired) electrons. The number of hydrogen-bond donors (Lipinski definition) is 2. The summed E-state index contributed by atoms with van der Waals surface area (Å²) in [6, 6.07) is 7.81. The normalized spacial score (nSPS) is 12.5. The zero-order valence-electron chi connectivity index (χ0n) is 19.2. The molecule has 1 aliphatic heterocycles. The number of hydrogen-bond acceptors (Lipinski definition) is 7. The molecule has 1 amide bonds. The van der Waals surface area contributed by atoms with Crippen LogP contribution in [0.4, 0.5) is 11.4 Å². The van der Waals surface area contributed by atoms with Crippen molar-refractivity contribution in [2.45, 2.75) is 19.9 Å². The summed E-state index contributed by atoms with van der Waals surface area (Å²) in [5.74, 6) is -0.225. The standard InChI is InChI=1S/C25H24ClN7O/c1-14-10-28-24-22(20(14)26)32-19-9-17(12-29-21(19)23(24)31-13-33(2)3)25(34)30-11-15-4-5-16-6-7-27-18(16)8-15/h4-5,7-10,12H,6,11,13H2,1-3H3,(H,30,34)(H,31,32). The van der Waals surface area contributed by atoms with Gasteiger partial charge >= 0.3 is 0 Å². The van der Waals surface area contributed by atoms with Crippen LogP contribution in [0.5, 0.6) is 0 Å². The van der Waals surface area contributed by atoms with Gasteiger partial charge in [-0.3, -0.25) is 24.7 Å². The summed E-state index contributed by atoms with van der Waals surface area (Å²) in [6.07, 6.45) is 6.05. The van der Waals surface area contributed by atoms with Gasteiger partial charge in [-0.15, -0.1) is 0 Å². The maximum absolute atomic E-state index is 12.9. The van der Waals surface area contributed by atoms with Crippen molar-refractivity contribution in [3.05, 3.63) is 63.9 Å². The van der Waals surface area contributed by atoms with Crippen molar-refractivity contribution in [3.8, 4) is 0 Å². The zero-order valence-corrected chi connectivity index (χ0v) is 19.9. The lowest BCUT2D eigenvalue weighted by Crippen LogP contribution is -2.23. The van der Waals surface area contributed by atoms with Crippen LogP contribution >= 0.6 is 11.6 Å². The highest BCUT2D eigenvalue weighted by molar-refractivity contribution is 6.36. The number of benzene rings is 1. The first-order valence-electron chi connectivity index (χ1n) is 11.0. The lowest BCUT2D eigenvalue weighted by Gasteiger charge is -2.16. The van der Waals surface area contributed by atoms with Crippen molar-refractivity contribution in [1.82, 2.24) is 25.2 Å². The molecule has 0 fully saturated rings. The van der Waals surface area contributed by atoms with Gasteiger partial charge in [0.2, 0.25) is 0 Å². The lowest BCUT2D eigenvalue weighted by atomic mass is 10.1. The van der Waals surface area contributed by atoms with E-state index in [0.29, 0.717) is 45.9 Å². The van der Waals surface area contributed by atoms with Gasteiger partial charge in [0.25, 0.3) is 5.91 Å². The molecule has 0 atom stereocenters. The second-order valence-corrected chi connectivity index (χ2v) is 8.99. The minimum absolute atomic E-state index is 0.225. The van der Waals surface area contributed by atoms with Gasteiger partial charge in [0.05, 0.1) is 34.1 Å². The number of anilines is 1. The molecule has 0 aliphatic carbocycles. The van der Waals surface area contributed by atoms with Gasteiger partial charge in [-0.1, -0.05) is 23.7 Å². The van der Waals surface area contributed by atoms with Crippen LogP contribution in [0.3, 0.4) is 0 Å². The molecular weight excluding hydrogens is 450 g/mol. The quantitative estimate of drug-likeness (QED) is 0.321. The molecule has 4 heterocycles. The monoisotopic (exact) mass is 473 g/mol. The smallest absolute Gasteiger partial charge is 0.253 e. The number of nitrogens with zero attached hydrogens (tertiary/aromatic N) is 5. The van der Waals surface area contributed by atoms with E-state index in [1.54, 1.807) is 18.5 Å². The van der Waals surface area contributed by atoms with Crippen molar-refractivity contribution in [2.75, 3.05) is 26.1 Å². The molecule has 9 heteroatoms. The van der Waals surface area contributed by atoms with E-state index in [1.807, 2.05) is 44.3 Å². The van der Waals surface area contributed by atoms with Crippen molar-refractivity contribution < 1.29 is 4.79 Å². The number of aliphatic imine (C=N–C) groups is 1. The van der Waals surface area contributed by atoms with E-state index < -0.39 is 0 Å². The first kappa shape index (κ1) is 22.2. The first-order valence-corrected chi connectivity index (χ1v) is 11.3. The van der Waals surface area contributed by atoms with E-state index in [2.05, 4.69) is 31.7 Å². The number of rotatable bonds is 6. The fraction of sp³-hybridized carbons (Fsp3) is 0.240. The number of aromatic nitrogens is 3. The van der Waals surface area contributed by atoms with Gasteiger partial charge in [0.1, 0.15) is 16.6 Å². The molecule has 0 saturated heterocycles. The second kappa shape index (κ2) is 8.96. The molecule has 34 heavy (non-hydrogen) atoms. The number of fused-ring (bicyclic) bond motifs is 3.